The van der Waals surface area contributed by atoms with E-state index in [0.29, 0.717) is 25.2 Å². The highest BCUT2D eigenvalue weighted by Gasteiger charge is 2.39. The molecule has 8 rings (SSSR count). The van der Waals surface area contributed by atoms with Crippen molar-refractivity contribution < 1.29 is 14.4 Å². The molecule has 0 saturated carbocycles. The van der Waals surface area contributed by atoms with Crippen LogP contribution in [-0.4, -0.2) is 99.6 Å². The molecule has 57 heavy (non-hydrogen) atoms. The second kappa shape index (κ2) is 16.2. The summed E-state index contributed by atoms with van der Waals surface area (Å²) >= 11 is 0. The van der Waals surface area contributed by atoms with E-state index in [4.69, 9.17) is 4.98 Å². The van der Waals surface area contributed by atoms with Crippen LogP contribution in [0.3, 0.4) is 0 Å². The molecule has 0 bridgehead atoms. The van der Waals surface area contributed by atoms with Gasteiger partial charge in [-0.2, -0.15) is 0 Å². The van der Waals surface area contributed by atoms with Gasteiger partial charge < -0.3 is 25.1 Å². The molecule has 4 atom stereocenters. The molecule has 11 heteroatoms. The van der Waals surface area contributed by atoms with Gasteiger partial charge in [0, 0.05) is 35.4 Å². The molecule has 4 heterocycles. The summed E-state index contributed by atoms with van der Waals surface area (Å²) in [4.78, 5) is 60.8. The van der Waals surface area contributed by atoms with Crippen molar-refractivity contribution in [1.82, 2.24) is 34.6 Å². The van der Waals surface area contributed by atoms with Crippen LogP contribution >= 0.6 is 0 Å². The van der Waals surface area contributed by atoms with Gasteiger partial charge in [-0.15, -0.1) is 0 Å². The third-order valence-electron chi connectivity index (χ3n) is 11.4. The van der Waals surface area contributed by atoms with Gasteiger partial charge in [0.15, 0.2) is 0 Å². The van der Waals surface area contributed by atoms with Crippen LogP contribution < -0.4 is 5.32 Å². The zero-order valence-electron chi connectivity index (χ0n) is 33.0. The van der Waals surface area contributed by atoms with Crippen LogP contribution in [0.5, 0.6) is 0 Å². The minimum absolute atomic E-state index is 0.0571. The van der Waals surface area contributed by atoms with Crippen LogP contribution in [0.1, 0.15) is 60.8 Å². The first-order valence-electron chi connectivity index (χ1n) is 19.8. The summed E-state index contributed by atoms with van der Waals surface area (Å²) in [6, 6.07) is 34.5. The van der Waals surface area contributed by atoms with E-state index in [1.54, 1.807) is 4.90 Å². The predicted molar refractivity (Wildman–Crippen MR) is 224 cm³/mol. The Balaban J connectivity index is 0.935. The molecule has 3 amide bonds. The monoisotopic (exact) mass is 762 g/mol. The van der Waals surface area contributed by atoms with E-state index in [9.17, 15) is 14.4 Å². The van der Waals surface area contributed by atoms with Crippen molar-refractivity contribution in [3.05, 3.63) is 132 Å². The second-order valence-corrected chi connectivity index (χ2v) is 15.7. The highest BCUT2D eigenvalue weighted by atomic mass is 16.2. The van der Waals surface area contributed by atoms with E-state index in [1.165, 1.54) is 0 Å². The first-order chi connectivity index (χ1) is 27.7. The number of hydrogen-bond donors (Lipinski definition) is 3. The van der Waals surface area contributed by atoms with Gasteiger partial charge in [-0.25, -0.2) is 4.98 Å². The van der Waals surface area contributed by atoms with Gasteiger partial charge in [0.25, 0.3) is 0 Å². The van der Waals surface area contributed by atoms with Crippen molar-refractivity contribution >= 4 is 34.3 Å². The van der Waals surface area contributed by atoms with Crippen molar-refractivity contribution in [2.45, 2.75) is 49.9 Å². The third kappa shape index (κ3) is 7.73. The fourth-order valence-electron chi connectivity index (χ4n) is 8.60. The normalized spacial score (nSPS) is 18.1. The van der Waals surface area contributed by atoms with E-state index in [2.05, 4.69) is 45.6 Å². The van der Waals surface area contributed by atoms with Crippen molar-refractivity contribution in [2.24, 2.45) is 0 Å². The van der Waals surface area contributed by atoms with Crippen molar-refractivity contribution in [3.8, 4) is 22.5 Å². The number of fused-ring (bicyclic) bond motifs is 1. The number of anilines is 1. The Morgan fingerprint density at radius 2 is 1.26 bits per heavy atom. The average Bonchev–Trinajstić information content (AvgIpc) is 4.05. The maximum absolute atomic E-state index is 13.9. The number of carbonyl (C=O) groups excluding carboxylic acids is 3. The van der Waals surface area contributed by atoms with E-state index in [-0.39, 0.29) is 29.8 Å². The van der Waals surface area contributed by atoms with Gasteiger partial charge >= 0.3 is 0 Å². The Hall–Kier alpha value is -6.04. The number of likely N-dealkylation sites (N-methyl/N-ethyl adjacent to an activating group) is 2. The Morgan fingerprint density at radius 3 is 1.89 bits per heavy atom. The van der Waals surface area contributed by atoms with Gasteiger partial charge in [0.05, 0.1) is 17.9 Å². The number of carbonyl (C=O) groups is 3. The van der Waals surface area contributed by atoms with Gasteiger partial charge in [0.1, 0.15) is 23.9 Å². The minimum atomic E-state index is -0.528. The zero-order chi connectivity index (χ0) is 39.6. The van der Waals surface area contributed by atoms with Gasteiger partial charge in [0.2, 0.25) is 17.7 Å². The summed E-state index contributed by atoms with van der Waals surface area (Å²) in [5, 5.41) is 4.07. The fraction of sp³-hybridized carbons (Fsp3) is 0.304. The quantitative estimate of drug-likeness (QED) is 0.126. The molecule has 0 spiro atoms. The average molecular weight is 763 g/mol. The molecule has 6 aromatic rings. The van der Waals surface area contributed by atoms with E-state index >= 15 is 0 Å². The maximum atomic E-state index is 13.9. The Bertz CT molecular complexity index is 2350. The van der Waals surface area contributed by atoms with E-state index < -0.39 is 12.1 Å². The molecule has 4 aromatic carbocycles. The number of imidazole rings is 1. The Morgan fingerprint density at radius 1 is 0.684 bits per heavy atom. The number of H-pyrrole nitrogens is 2. The first kappa shape index (κ1) is 37.9. The number of hydrogen-bond acceptors (Lipinski definition) is 6. The smallest absolute Gasteiger partial charge is 0.247 e. The topological polar surface area (TPSA) is 121 Å². The first-order valence-corrected chi connectivity index (χ1v) is 19.8. The van der Waals surface area contributed by atoms with Crippen molar-refractivity contribution in [2.75, 3.05) is 46.6 Å². The standard InChI is InChI=1S/C46H50N8O3/c1-51(2)41(32-13-7-5-8-14-32)45(56)53-25-11-17-39(53)43-47-29-38(50-43)31-21-19-30(20-22-31)37-28-34-27-35(23-24-36(34)49-37)48-44(55)40-18-12-26-54(40)46(57)42(52(3)4)33-15-9-6-10-16-33/h5-10,13-16,19-24,27-29,39-42,49H,11-12,17-18,25-26H2,1-4H3,(H,47,50)(H,48,55)/t39-,40-,41?,42?/m0/s1. The molecule has 2 fully saturated rings. The third-order valence-corrected chi connectivity index (χ3v) is 11.4. The summed E-state index contributed by atoms with van der Waals surface area (Å²) in [5.41, 5.74) is 7.44. The molecule has 0 aliphatic carbocycles. The number of aromatic nitrogens is 3. The van der Waals surface area contributed by atoms with Crippen molar-refractivity contribution in [1.29, 1.82) is 0 Å². The van der Waals surface area contributed by atoms with Gasteiger partial charge in [-0.05, 0) is 100 Å². The summed E-state index contributed by atoms with van der Waals surface area (Å²) < 4.78 is 0. The number of benzene rings is 4. The molecule has 2 aliphatic heterocycles. The molecule has 2 aliphatic rings. The van der Waals surface area contributed by atoms with Crippen LogP contribution in [0.2, 0.25) is 0 Å². The van der Waals surface area contributed by atoms with E-state index in [0.717, 1.165) is 69.6 Å². The SMILES string of the molecule is CN(C)C(C(=O)N1CCC[C@H]1C(=O)Nc1ccc2[nH]c(-c3ccc(-c4cnc([C@@H]5CCCN5C(=O)C(c5ccccc5)N(C)C)[nH]4)cc3)cc2c1)c1ccccc1. The molecular weight excluding hydrogens is 713 g/mol. The minimum Gasteiger partial charge on any atom is -0.355 e. The van der Waals surface area contributed by atoms with Gasteiger partial charge in [-0.3, -0.25) is 24.2 Å². The summed E-state index contributed by atoms with van der Waals surface area (Å²) in [5.74, 6) is 0.671. The van der Waals surface area contributed by atoms with Crippen LogP contribution in [-0.2, 0) is 14.4 Å². The summed E-state index contributed by atoms with van der Waals surface area (Å²) in [7, 11) is 7.69. The lowest BCUT2D eigenvalue weighted by atomic mass is 10.0. The Labute approximate surface area is 333 Å². The molecule has 2 saturated heterocycles. The van der Waals surface area contributed by atoms with Crippen LogP contribution in [0.4, 0.5) is 5.69 Å². The van der Waals surface area contributed by atoms with Crippen LogP contribution in [0.15, 0.2) is 115 Å². The number of nitrogens with zero attached hydrogens (tertiary/aromatic N) is 5. The van der Waals surface area contributed by atoms with Gasteiger partial charge in [-0.1, -0.05) is 84.9 Å². The fourth-order valence-corrected chi connectivity index (χ4v) is 8.60. The zero-order valence-corrected chi connectivity index (χ0v) is 33.0. The number of rotatable bonds is 11. The summed E-state index contributed by atoms with van der Waals surface area (Å²) in [6.07, 6.45) is 5.06. The molecular formula is C46H50N8O3. The molecule has 11 nitrogen and oxygen atoms in total. The lowest BCUT2D eigenvalue weighted by Gasteiger charge is -2.31. The molecule has 0 radical (unpaired) electrons. The number of likely N-dealkylation sites (tertiary alicyclic amines) is 2. The number of amides is 3. The molecule has 3 N–H and O–H groups in total. The van der Waals surface area contributed by atoms with Crippen LogP contribution in [0, 0.1) is 0 Å². The van der Waals surface area contributed by atoms with Crippen LogP contribution in [0.25, 0.3) is 33.4 Å². The lowest BCUT2D eigenvalue weighted by molar-refractivity contribution is -0.140. The number of aromatic amines is 2. The summed E-state index contributed by atoms with van der Waals surface area (Å²) in [6.45, 7) is 1.26. The highest BCUT2D eigenvalue weighted by molar-refractivity contribution is 6.00. The lowest BCUT2D eigenvalue weighted by Crippen LogP contribution is -2.47. The highest BCUT2D eigenvalue weighted by Crippen LogP contribution is 2.36. The maximum Gasteiger partial charge on any atom is 0.247 e. The number of nitrogens with one attached hydrogen (secondary N) is 3. The van der Waals surface area contributed by atoms with E-state index in [1.807, 2.05) is 128 Å². The predicted octanol–water partition coefficient (Wildman–Crippen LogP) is 7.42. The largest absolute Gasteiger partial charge is 0.355 e. The van der Waals surface area contributed by atoms with Crippen molar-refractivity contribution in [3.63, 3.8) is 0 Å². The second-order valence-electron chi connectivity index (χ2n) is 15.7. The molecule has 2 aromatic heterocycles. The molecule has 2 unspecified atom stereocenters. The Kier molecular flexibility index (Phi) is 10.8. The molecule has 292 valence electrons.